The van der Waals surface area contributed by atoms with Crippen LogP contribution in [0.25, 0.3) is 0 Å². The van der Waals surface area contributed by atoms with Crippen molar-refractivity contribution in [1.29, 1.82) is 0 Å². The highest BCUT2D eigenvalue weighted by Gasteiger charge is 2.39. The summed E-state index contributed by atoms with van der Waals surface area (Å²) in [6, 6.07) is 3.57. The van der Waals surface area contributed by atoms with Gasteiger partial charge in [0, 0.05) is 32.9 Å². The van der Waals surface area contributed by atoms with Gasteiger partial charge in [0.15, 0.2) is 0 Å². The molecule has 2 unspecified atom stereocenters. The molecule has 0 spiro atoms. The van der Waals surface area contributed by atoms with E-state index in [1.165, 1.54) is 0 Å². The number of aliphatic hydroxyl groups excluding tert-OH is 1. The van der Waals surface area contributed by atoms with Crippen LogP contribution >= 0.6 is 11.6 Å². The van der Waals surface area contributed by atoms with Crippen LogP contribution in [0.4, 0.5) is 10.5 Å². The van der Waals surface area contributed by atoms with E-state index in [4.69, 9.17) is 25.8 Å². The number of hydrogen-bond donors (Lipinski definition) is 2. The van der Waals surface area contributed by atoms with Gasteiger partial charge in [-0.25, -0.2) is 4.79 Å². The third kappa shape index (κ3) is 7.30. The molecule has 0 saturated carbocycles. The lowest BCUT2D eigenvalue weighted by atomic mass is 9.83. The second kappa shape index (κ2) is 13.5. The molecule has 6 atom stereocenters. The molecule has 2 N–H and O–H groups in total. The van der Waals surface area contributed by atoms with Gasteiger partial charge in [0.25, 0.3) is 0 Å². The normalized spacial score (nSPS) is 31.9. The number of anilines is 1. The van der Waals surface area contributed by atoms with Crippen LogP contribution in [0.1, 0.15) is 52.0 Å². The Hall–Kier alpha value is -2.55. The monoisotopic (exact) mass is 548 g/mol. The lowest BCUT2D eigenvalue weighted by Crippen LogP contribution is -2.54. The molecule has 2 aliphatic rings. The molecule has 9 heteroatoms. The minimum Gasteiger partial charge on any atom is -0.495 e. The van der Waals surface area contributed by atoms with Crippen LogP contribution in [0, 0.1) is 11.8 Å². The Morgan fingerprint density at radius 1 is 1.21 bits per heavy atom. The van der Waals surface area contributed by atoms with Gasteiger partial charge in [0.05, 0.1) is 31.0 Å². The molecule has 0 aromatic heterocycles. The van der Waals surface area contributed by atoms with E-state index >= 15 is 0 Å². The minimum absolute atomic E-state index is 0.112. The predicted octanol–water partition coefficient (Wildman–Crippen LogP) is 5.06. The largest absolute Gasteiger partial charge is 0.495 e. The van der Waals surface area contributed by atoms with Gasteiger partial charge in [-0.2, -0.15) is 0 Å². The third-order valence-corrected chi connectivity index (χ3v) is 8.10. The highest BCUT2D eigenvalue weighted by Crippen LogP contribution is 2.37. The van der Waals surface area contributed by atoms with Crippen molar-refractivity contribution < 1.29 is 28.9 Å². The van der Waals surface area contributed by atoms with E-state index in [2.05, 4.69) is 5.32 Å². The average Bonchev–Trinajstić information content (AvgIpc) is 2.90. The molecule has 1 aromatic carbocycles. The molecule has 4 bridgehead atoms. The molecule has 0 aliphatic carbocycles. The second-order valence-electron chi connectivity index (χ2n) is 10.5. The number of allylic oxidation sites excluding steroid dienone is 3. The van der Waals surface area contributed by atoms with E-state index in [9.17, 15) is 14.7 Å². The lowest BCUT2D eigenvalue weighted by molar-refractivity contribution is -0.118. The fourth-order valence-corrected chi connectivity index (χ4v) is 5.51. The van der Waals surface area contributed by atoms with E-state index in [0.29, 0.717) is 42.1 Å². The number of carbonyl (C=O) groups is 2. The van der Waals surface area contributed by atoms with Crippen molar-refractivity contribution in [3.8, 4) is 5.75 Å². The number of alkyl carbamates (subject to hydrolysis) is 1. The number of nitrogens with one attached hydrogen (secondary N) is 1. The Balaban J connectivity index is 1.95. The zero-order valence-corrected chi connectivity index (χ0v) is 24.0. The quantitative estimate of drug-likeness (QED) is 0.536. The maximum atomic E-state index is 13.2. The van der Waals surface area contributed by atoms with Crippen molar-refractivity contribution in [2.45, 2.75) is 77.2 Å². The number of nitrogens with zero attached hydrogens (tertiary/aromatic N) is 1. The Labute approximate surface area is 231 Å². The van der Waals surface area contributed by atoms with Crippen LogP contribution < -0.4 is 15.0 Å². The average molecular weight is 549 g/mol. The highest BCUT2D eigenvalue weighted by atomic mass is 35.5. The zero-order chi connectivity index (χ0) is 28.0. The summed E-state index contributed by atoms with van der Waals surface area (Å²) in [5.41, 5.74) is 2.67. The SMILES string of the molecule is COc1cc2cc(c1Cl)N(C)C(=O)CC[C@@H](C)[C@@H](O)[C@H](C)C1CC(NC(=O)O1)[C@H](OC)C/C=C/C=C(\C)C2. The van der Waals surface area contributed by atoms with Crippen LogP contribution in [0.2, 0.25) is 5.02 Å². The summed E-state index contributed by atoms with van der Waals surface area (Å²) in [7, 11) is 4.90. The van der Waals surface area contributed by atoms with Crippen molar-refractivity contribution in [2.24, 2.45) is 11.8 Å². The number of carbonyl (C=O) groups excluding carboxylic acids is 2. The van der Waals surface area contributed by atoms with Crippen molar-refractivity contribution in [2.75, 3.05) is 26.2 Å². The first-order chi connectivity index (χ1) is 18.0. The van der Waals surface area contributed by atoms with Gasteiger partial charge in [-0.3, -0.25) is 4.79 Å². The van der Waals surface area contributed by atoms with Gasteiger partial charge in [0.1, 0.15) is 16.9 Å². The zero-order valence-electron chi connectivity index (χ0n) is 23.2. The van der Waals surface area contributed by atoms with Crippen LogP contribution in [0.3, 0.4) is 0 Å². The Morgan fingerprint density at radius 2 is 1.95 bits per heavy atom. The summed E-state index contributed by atoms with van der Waals surface area (Å²) in [6.07, 6.45) is 6.56. The van der Waals surface area contributed by atoms with Crippen molar-refractivity contribution in [3.63, 3.8) is 0 Å². The number of amides is 2. The number of rotatable bonds is 2. The summed E-state index contributed by atoms with van der Waals surface area (Å²) >= 11 is 6.60. The maximum absolute atomic E-state index is 13.2. The number of aliphatic hydroxyl groups is 1. The number of halogens is 1. The smallest absolute Gasteiger partial charge is 0.407 e. The van der Waals surface area contributed by atoms with Gasteiger partial charge in [-0.15, -0.1) is 0 Å². The van der Waals surface area contributed by atoms with E-state index in [1.807, 2.05) is 51.1 Å². The first-order valence-electron chi connectivity index (χ1n) is 13.2. The van der Waals surface area contributed by atoms with Crippen molar-refractivity contribution in [3.05, 3.63) is 46.5 Å². The van der Waals surface area contributed by atoms with Crippen LogP contribution in [0.5, 0.6) is 5.75 Å². The molecule has 210 valence electrons. The van der Waals surface area contributed by atoms with Crippen LogP contribution in [0.15, 0.2) is 35.9 Å². The Kier molecular flexibility index (Phi) is 10.7. The van der Waals surface area contributed by atoms with Gasteiger partial charge in [0.2, 0.25) is 5.91 Å². The number of methoxy groups -OCH3 is 2. The third-order valence-electron chi connectivity index (χ3n) is 7.72. The van der Waals surface area contributed by atoms with E-state index in [0.717, 1.165) is 11.1 Å². The fraction of sp³-hybridized carbons (Fsp3) is 0.586. The summed E-state index contributed by atoms with van der Waals surface area (Å²) < 4.78 is 16.8. The number of fused-ring (bicyclic) bond motifs is 4. The molecule has 0 radical (unpaired) electrons. The van der Waals surface area contributed by atoms with Crippen molar-refractivity contribution >= 4 is 29.3 Å². The standard InChI is InChI=1S/C29H41ClN2O6/c1-17-9-7-8-10-23(36-5)21-16-24(38-29(35)31-21)19(3)28(34)18(2)11-12-26(33)32(4)22-14-20(13-17)15-25(37-6)27(22)30/h7-9,14-15,18-19,21,23-24,28,34H,10-13,16H2,1-6H3,(H,31,35)/b8-7+,17-9+/t18-,19-,21?,23-,24?,28-/m1/s1. The summed E-state index contributed by atoms with van der Waals surface area (Å²) in [5, 5.41) is 14.4. The summed E-state index contributed by atoms with van der Waals surface area (Å²) in [6.45, 7) is 5.83. The van der Waals surface area contributed by atoms with E-state index in [-0.39, 0.29) is 36.3 Å². The molecule has 2 heterocycles. The molecule has 2 amide bonds. The lowest BCUT2D eigenvalue weighted by Gasteiger charge is -2.38. The predicted molar refractivity (Wildman–Crippen MR) is 149 cm³/mol. The molecule has 1 fully saturated rings. The topological polar surface area (TPSA) is 97.3 Å². The first-order valence-corrected chi connectivity index (χ1v) is 13.6. The summed E-state index contributed by atoms with van der Waals surface area (Å²) in [4.78, 5) is 27.1. The van der Waals surface area contributed by atoms with Crippen LogP contribution in [-0.4, -0.2) is 62.7 Å². The van der Waals surface area contributed by atoms with Gasteiger partial charge in [-0.05, 0) is 49.8 Å². The van der Waals surface area contributed by atoms with Crippen LogP contribution in [-0.2, 0) is 20.7 Å². The molecule has 1 saturated heterocycles. The molecule has 3 rings (SSSR count). The minimum atomic E-state index is -0.753. The van der Waals surface area contributed by atoms with E-state index in [1.54, 1.807) is 26.2 Å². The van der Waals surface area contributed by atoms with Gasteiger partial charge in [-0.1, -0.05) is 49.2 Å². The van der Waals surface area contributed by atoms with Crippen molar-refractivity contribution in [1.82, 2.24) is 5.32 Å². The molecule has 1 aromatic rings. The Bertz CT molecular complexity index is 1060. The molecule has 38 heavy (non-hydrogen) atoms. The molecular formula is C29H41ClN2O6. The highest BCUT2D eigenvalue weighted by molar-refractivity contribution is 6.35. The van der Waals surface area contributed by atoms with Gasteiger partial charge < -0.3 is 29.5 Å². The number of benzene rings is 1. The Morgan fingerprint density at radius 3 is 2.63 bits per heavy atom. The molecule has 2 aliphatic heterocycles. The number of hydrogen-bond acceptors (Lipinski definition) is 6. The molecule has 8 nitrogen and oxygen atoms in total. The molecular weight excluding hydrogens is 508 g/mol. The maximum Gasteiger partial charge on any atom is 0.407 e. The van der Waals surface area contributed by atoms with Gasteiger partial charge >= 0.3 is 6.09 Å². The van der Waals surface area contributed by atoms with E-state index < -0.39 is 18.3 Å². The first kappa shape index (κ1) is 30.0. The summed E-state index contributed by atoms with van der Waals surface area (Å²) in [5.74, 6) is -0.103. The number of ether oxygens (including phenoxy) is 3. The second-order valence-corrected chi connectivity index (χ2v) is 10.9. The fourth-order valence-electron chi connectivity index (χ4n) is 5.19.